The highest BCUT2D eigenvalue weighted by Gasteiger charge is 2.13. The van der Waals surface area contributed by atoms with Crippen LogP contribution in [0.1, 0.15) is 18.7 Å². The quantitative estimate of drug-likeness (QED) is 0.884. The molecule has 2 heterocycles. The molecule has 20 heavy (non-hydrogen) atoms. The number of benzene rings is 1. The second-order valence-corrected chi connectivity index (χ2v) is 5.26. The lowest BCUT2D eigenvalue weighted by atomic mass is 10.0. The maximum Gasteiger partial charge on any atom is 0.258 e. The minimum Gasteiger partial charge on any atom is -0.373 e. The van der Waals surface area contributed by atoms with E-state index in [0.717, 1.165) is 13.1 Å². The zero-order chi connectivity index (χ0) is 13.8. The number of fused-ring (bicyclic) bond motifs is 1. The van der Waals surface area contributed by atoms with Crippen LogP contribution < -0.4 is 10.9 Å². The zero-order valence-electron chi connectivity index (χ0n) is 11.4. The van der Waals surface area contributed by atoms with Crippen LogP contribution in [0.25, 0.3) is 10.9 Å². The fourth-order valence-corrected chi connectivity index (χ4v) is 2.59. The summed E-state index contributed by atoms with van der Waals surface area (Å²) in [7, 11) is 0. The van der Waals surface area contributed by atoms with Gasteiger partial charge in [0.1, 0.15) is 12.4 Å². The first kappa shape index (κ1) is 13.3. The summed E-state index contributed by atoms with van der Waals surface area (Å²) < 4.78 is 5.69. The largest absolute Gasteiger partial charge is 0.373 e. The molecular formula is C15H19N3O2. The molecular weight excluding hydrogens is 254 g/mol. The molecule has 0 bridgehead atoms. The topological polar surface area (TPSA) is 67.0 Å². The highest BCUT2D eigenvalue weighted by Crippen LogP contribution is 2.11. The number of ether oxygens (including phenoxy) is 1. The van der Waals surface area contributed by atoms with Gasteiger partial charge in [0.2, 0.25) is 0 Å². The highest BCUT2D eigenvalue weighted by atomic mass is 16.5. The highest BCUT2D eigenvalue weighted by molar-refractivity contribution is 5.77. The summed E-state index contributed by atoms with van der Waals surface area (Å²) in [5.74, 6) is 1.16. The van der Waals surface area contributed by atoms with Crippen LogP contribution in [-0.2, 0) is 11.3 Å². The third-order valence-corrected chi connectivity index (χ3v) is 3.65. The normalized spacial score (nSPS) is 19.3. The van der Waals surface area contributed by atoms with Gasteiger partial charge in [-0.15, -0.1) is 0 Å². The Labute approximate surface area is 117 Å². The van der Waals surface area contributed by atoms with Gasteiger partial charge in [-0.3, -0.25) is 4.79 Å². The van der Waals surface area contributed by atoms with E-state index in [4.69, 9.17) is 4.74 Å². The molecule has 0 radical (unpaired) electrons. The van der Waals surface area contributed by atoms with E-state index < -0.39 is 0 Å². The van der Waals surface area contributed by atoms with Crippen LogP contribution in [-0.4, -0.2) is 29.7 Å². The SMILES string of the molecule is O=c1[nH]c(COCC2CCCNC2)nc2ccccc12. The molecule has 0 spiro atoms. The molecule has 1 atom stereocenters. The number of hydrogen-bond acceptors (Lipinski definition) is 4. The van der Waals surface area contributed by atoms with Gasteiger partial charge in [0.25, 0.3) is 5.56 Å². The van der Waals surface area contributed by atoms with Crippen molar-refractivity contribution in [1.29, 1.82) is 0 Å². The first-order valence-corrected chi connectivity index (χ1v) is 7.09. The maximum absolute atomic E-state index is 11.9. The van der Waals surface area contributed by atoms with Crippen molar-refractivity contribution in [2.24, 2.45) is 5.92 Å². The predicted molar refractivity (Wildman–Crippen MR) is 77.6 cm³/mol. The molecule has 106 valence electrons. The van der Waals surface area contributed by atoms with Crippen molar-refractivity contribution in [3.63, 3.8) is 0 Å². The fourth-order valence-electron chi connectivity index (χ4n) is 2.59. The van der Waals surface area contributed by atoms with Crippen LogP contribution in [0.3, 0.4) is 0 Å². The zero-order valence-corrected chi connectivity index (χ0v) is 11.4. The van der Waals surface area contributed by atoms with Crippen LogP contribution in [0.4, 0.5) is 0 Å². The summed E-state index contributed by atoms with van der Waals surface area (Å²) in [5, 5.41) is 3.98. The van der Waals surface area contributed by atoms with Gasteiger partial charge < -0.3 is 15.0 Å². The molecule has 0 saturated carbocycles. The molecule has 1 aliphatic heterocycles. The monoisotopic (exact) mass is 273 g/mol. The third-order valence-electron chi connectivity index (χ3n) is 3.65. The lowest BCUT2D eigenvalue weighted by Gasteiger charge is -2.22. The van der Waals surface area contributed by atoms with E-state index in [-0.39, 0.29) is 5.56 Å². The van der Waals surface area contributed by atoms with Gasteiger partial charge in [-0.2, -0.15) is 0 Å². The molecule has 1 unspecified atom stereocenters. The summed E-state index contributed by atoms with van der Waals surface area (Å²) in [6, 6.07) is 7.34. The molecule has 0 amide bonds. The third kappa shape index (κ3) is 3.05. The Morgan fingerprint density at radius 1 is 1.35 bits per heavy atom. The number of aromatic nitrogens is 2. The van der Waals surface area contributed by atoms with Crippen LogP contribution in [0.15, 0.2) is 29.1 Å². The number of aromatic amines is 1. The van der Waals surface area contributed by atoms with E-state index >= 15 is 0 Å². The van der Waals surface area contributed by atoms with Gasteiger partial charge in [-0.1, -0.05) is 12.1 Å². The molecule has 1 aromatic carbocycles. The summed E-state index contributed by atoms with van der Waals surface area (Å²) in [4.78, 5) is 19.1. The van der Waals surface area contributed by atoms with Gasteiger partial charge in [0, 0.05) is 6.54 Å². The average molecular weight is 273 g/mol. The summed E-state index contributed by atoms with van der Waals surface area (Å²) in [6.45, 7) is 3.19. The second kappa shape index (κ2) is 6.15. The molecule has 1 saturated heterocycles. The van der Waals surface area contributed by atoms with Crippen molar-refractivity contribution in [2.45, 2.75) is 19.4 Å². The van der Waals surface area contributed by atoms with Crippen molar-refractivity contribution in [3.8, 4) is 0 Å². The maximum atomic E-state index is 11.9. The number of hydrogen-bond donors (Lipinski definition) is 2. The first-order chi connectivity index (χ1) is 9.83. The molecule has 2 N–H and O–H groups in total. The van der Waals surface area contributed by atoms with Gasteiger partial charge in [0.05, 0.1) is 17.5 Å². The molecule has 0 aliphatic carbocycles. The molecule has 1 aromatic heterocycles. The number of rotatable bonds is 4. The fraction of sp³-hybridized carbons (Fsp3) is 0.467. The van der Waals surface area contributed by atoms with E-state index in [1.165, 1.54) is 12.8 Å². The number of nitrogens with one attached hydrogen (secondary N) is 2. The number of nitrogens with zero attached hydrogens (tertiary/aromatic N) is 1. The number of H-pyrrole nitrogens is 1. The molecule has 1 fully saturated rings. The van der Waals surface area contributed by atoms with Crippen molar-refractivity contribution >= 4 is 10.9 Å². The molecule has 3 rings (SSSR count). The van der Waals surface area contributed by atoms with Gasteiger partial charge in [-0.25, -0.2) is 4.98 Å². The first-order valence-electron chi connectivity index (χ1n) is 7.09. The standard InChI is InChI=1S/C15H19N3O2/c19-15-12-5-1-2-6-13(12)17-14(18-15)10-20-9-11-4-3-7-16-8-11/h1-2,5-6,11,16H,3-4,7-10H2,(H,17,18,19). The van der Waals surface area contributed by atoms with E-state index in [1.54, 1.807) is 6.07 Å². The summed E-state index contributed by atoms with van der Waals surface area (Å²) >= 11 is 0. The van der Waals surface area contributed by atoms with Crippen LogP contribution in [0.2, 0.25) is 0 Å². The van der Waals surface area contributed by atoms with Gasteiger partial charge in [0.15, 0.2) is 0 Å². The van der Waals surface area contributed by atoms with Gasteiger partial charge >= 0.3 is 0 Å². The minimum atomic E-state index is -0.103. The number of piperidine rings is 1. The lowest BCUT2D eigenvalue weighted by Crippen LogP contribution is -2.32. The molecule has 2 aromatic rings. The van der Waals surface area contributed by atoms with Crippen molar-refractivity contribution in [2.75, 3.05) is 19.7 Å². The Morgan fingerprint density at radius 3 is 3.10 bits per heavy atom. The molecule has 1 aliphatic rings. The van der Waals surface area contributed by atoms with Gasteiger partial charge in [-0.05, 0) is 37.4 Å². The van der Waals surface area contributed by atoms with Crippen LogP contribution >= 0.6 is 0 Å². The van der Waals surface area contributed by atoms with Crippen LogP contribution in [0.5, 0.6) is 0 Å². The average Bonchev–Trinajstić information content (AvgIpc) is 2.48. The van der Waals surface area contributed by atoms with Crippen molar-refractivity contribution < 1.29 is 4.74 Å². The van der Waals surface area contributed by atoms with Crippen molar-refractivity contribution in [3.05, 3.63) is 40.4 Å². The summed E-state index contributed by atoms with van der Waals surface area (Å²) in [6.07, 6.45) is 2.41. The Bertz CT molecular complexity index is 632. The lowest BCUT2D eigenvalue weighted by molar-refractivity contribution is 0.0742. The summed E-state index contributed by atoms with van der Waals surface area (Å²) in [5.41, 5.74) is 0.614. The van der Waals surface area contributed by atoms with Crippen LogP contribution in [0, 0.1) is 5.92 Å². The van der Waals surface area contributed by atoms with E-state index in [1.807, 2.05) is 18.2 Å². The molecule has 5 nitrogen and oxygen atoms in total. The second-order valence-electron chi connectivity index (χ2n) is 5.26. The van der Waals surface area contributed by atoms with Crippen molar-refractivity contribution in [1.82, 2.24) is 15.3 Å². The van der Waals surface area contributed by atoms with E-state index in [2.05, 4.69) is 15.3 Å². The predicted octanol–water partition coefficient (Wildman–Crippen LogP) is 1.44. The Hall–Kier alpha value is -1.72. The minimum absolute atomic E-state index is 0.103. The Morgan fingerprint density at radius 2 is 2.25 bits per heavy atom. The Balaban J connectivity index is 1.64. The Kier molecular flexibility index (Phi) is 4.08. The van der Waals surface area contributed by atoms with E-state index in [9.17, 15) is 4.79 Å². The smallest absolute Gasteiger partial charge is 0.258 e. The van der Waals surface area contributed by atoms with E-state index in [0.29, 0.717) is 35.9 Å². The molecule has 5 heteroatoms. The number of para-hydroxylation sites is 1.